The second-order valence-electron chi connectivity index (χ2n) is 8.66. The Labute approximate surface area is 204 Å². The normalized spacial score (nSPS) is 21.3. The Morgan fingerprint density at radius 2 is 1.54 bits per heavy atom. The number of ketones is 1. The minimum atomic E-state index is -1.53. The molecular weight excluding hydrogens is 438 g/mol. The molecule has 172 valence electrons. The smallest absolute Gasteiger partial charge is 0.185 e. The number of nitrogens with zero attached hydrogens (tertiary/aromatic N) is 3. The van der Waals surface area contributed by atoms with E-state index in [-0.39, 0.29) is 5.78 Å². The number of carbonyl (C=O) groups is 1. The molecule has 0 saturated carbocycles. The molecule has 0 spiro atoms. The molecule has 0 radical (unpaired) electrons. The minimum Gasteiger partial charge on any atom is -0.497 e. The average molecular weight is 462 g/mol. The van der Waals surface area contributed by atoms with E-state index in [1.165, 1.54) is 0 Å². The minimum absolute atomic E-state index is 0.153. The van der Waals surface area contributed by atoms with E-state index in [0.717, 1.165) is 11.3 Å². The maximum Gasteiger partial charge on any atom is 0.185 e. The maximum atomic E-state index is 14.2. The Balaban J connectivity index is 1.81. The highest BCUT2D eigenvalue weighted by Gasteiger charge is 2.63. The number of methoxy groups -OCH3 is 2. The molecule has 6 nitrogen and oxygen atoms in total. The summed E-state index contributed by atoms with van der Waals surface area (Å²) in [5.74, 6) is 0.126. The van der Waals surface area contributed by atoms with Crippen LogP contribution in [-0.4, -0.2) is 32.1 Å². The number of rotatable bonds is 5. The summed E-state index contributed by atoms with van der Waals surface area (Å²) in [5.41, 5.74) is 1.38. The van der Waals surface area contributed by atoms with E-state index in [0.29, 0.717) is 22.6 Å². The van der Waals surface area contributed by atoms with Crippen molar-refractivity contribution in [1.82, 2.24) is 0 Å². The third kappa shape index (κ3) is 3.34. The topological polar surface area (TPSA) is 86.3 Å². The van der Waals surface area contributed by atoms with Gasteiger partial charge in [0.05, 0.1) is 32.4 Å². The average Bonchev–Trinajstić information content (AvgIpc) is 3.23. The second-order valence-corrected chi connectivity index (χ2v) is 8.66. The molecule has 2 aliphatic heterocycles. The van der Waals surface area contributed by atoms with E-state index < -0.39 is 23.4 Å². The number of anilines is 1. The third-order valence-corrected chi connectivity index (χ3v) is 6.98. The molecule has 6 heteroatoms. The molecule has 1 fully saturated rings. The number of benzene rings is 3. The number of para-hydroxylation sites is 1. The van der Waals surface area contributed by atoms with Crippen molar-refractivity contribution in [3.05, 3.63) is 95.6 Å². The van der Waals surface area contributed by atoms with Gasteiger partial charge in [0, 0.05) is 23.2 Å². The van der Waals surface area contributed by atoms with Crippen LogP contribution >= 0.6 is 0 Å². The largest absolute Gasteiger partial charge is 0.497 e. The highest BCUT2D eigenvalue weighted by atomic mass is 16.5. The molecule has 0 aromatic heterocycles. The molecule has 0 amide bonds. The zero-order valence-corrected chi connectivity index (χ0v) is 19.4. The van der Waals surface area contributed by atoms with E-state index in [4.69, 9.17) is 9.47 Å². The summed E-state index contributed by atoms with van der Waals surface area (Å²) in [4.78, 5) is 16.1. The van der Waals surface area contributed by atoms with Crippen LogP contribution in [0.1, 0.15) is 27.4 Å². The van der Waals surface area contributed by atoms with Gasteiger partial charge in [0.15, 0.2) is 11.2 Å². The zero-order valence-electron chi connectivity index (χ0n) is 19.4. The van der Waals surface area contributed by atoms with Crippen LogP contribution in [-0.2, 0) is 0 Å². The molecule has 3 aromatic carbocycles. The molecule has 5 rings (SSSR count). The zero-order chi connectivity index (χ0) is 24.6. The Kier molecular flexibility index (Phi) is 5.51. The van der Waals surface area contributed by atoms with E-state index in [9.17, 15) is 15.3 Å². The highest BCUT2D eigenvalue weighted by Crippen LogP contribution is 2.56. The summed E-state index contributed by atoms with van der Waals surface area (Å²) in [7, 11) is 3.09. The number of ether oxygens (including phenoxy) is 2. The van der Waals surface area contributed by atoms with Gasteiger partial charge in [-0.05, 0) is 29.3 Å². The predicted octanol–water partition coefficient (Wildman–Crippen LogP) is 4.99. The first-order valence-electron chi connectivity index (χ1n) is 11.3. The lowest BCUT2D eigenvalue weighted by Crippen LogP contribution is -2.44. The first-order chi connectivity index (χ1) is 17.1. The van der Waals surface area contributed by atoms with Gasteiger partial charge in [0.1, 0.15) is 17.5 Å². The molecule has 1 saturated heterocycles. The fraction of sp³-hybridized carbons (Fsp3) is 0.207. The lowest BCUT2D eigenvalue weighted by atomic mass is 9.69. The van der Waals surface area contributed by atoms with Crippen LogP contribution in [0.2, 0.25) is 0 Å². The van der Waals surface area contributed by atoms with Crippen LogP contribution in [0, 0.1) is 28.1 Å². The summed E-state index contributed by atoms with van der Waals surface area (Å²) in [6.07, 6.45) is 3.80. The van der Waals surface area contributed by atoms with E-state index >= 15 is 0 Å². The van der Waals surface area contributed by atoms with Gasteiger partial charge in [-0.3, -0.25) is 4.79 Å². The van der Waals surface area contributed by atoms with Crippen LogP contribution in [0.5, 0.6) is 11.5 Å². The van der Waals surface area contributed by atoms with Gasteiger partial charge >= 0.3 is 0 Å². The SMILES string of the molecule is COc1cc(OC)cc([C@@H]2[C@@H](C(=O)c3ccccc3)N3c4ccccc4C=C[C@H]3C2(C#N)C#N)c1. The van der Waals surface area contributed by atoms with Crippen molar-refractivity contribution in [1.29, 1.82) is 10.5 Å². The first-order valence-corrected chi connectivity index (χ1v) is 11.3. The molecular formula is C29H23N3O3. The number of nitriles is 2. The summed E-state index contributed by atoms with van der Waals surface area (Å²) in [6.45, 7) is 0. The van der Waals surface area contributed by atoms with Gasteiger partial charge in [-0.15, -0.1) is 0 Å². The second kappa shape index (κ2) is 8.66. The van der Waals surface area contributed by atoms with Crippen LogP contribution in [0.25, 0.3) is 6.08 Å². The number of hydrogen-bond donors (Lipinski definition) is 0. The van der Waals surface area contributed by atoms with Gasteiger partial charge < -0.3 is 14.4 Å². The van der Waals surface area contributed by atoms with Crippen LogP contribution in [0.3, 0.4) is 0 Å². The maximum absolute atomic E-state index is 14.2. The van der Waals surface area contributed by atoms with Crippen molar-refractivity contribution in [3.8, 4) is 23.6 Å². The fourth-order valence-electron chi connectivity index (χ4n) is 5.39. The molecule has 3 atom stereocenters. The van der Waals surface area contributed by atoms with Crippen molar-refractivity contribution in [2.45, 2.75) is 18.0 Å². The van der Waals surface area contributed by atoms with Gasteiger partial charge in [-0.25, -0.2) is 0 Å². The molecule has 2 heterocycles. The lowest BCUT2D eigenvalue weighted by molar-refractivity contribution is 0.0950. The monoisotopic (exact) mass is 461 g/mol. The number of fused-ring (bicyclic) bond motifs is 3. The summed E-state index contributed by atoms with van der Waals surface area (Å²) >= 11 is 0. The molecule has 3 aromatic rings. The van der Waals surface area contributed by atoms with Gasteiger partial charge in [-0.2, -0.15) is 10.5 Å². The predicted molar refractivity (Wildman–Crippen MR) is 132 cm³/mol. The number of Topliss-reactive ketones (excluding diaryl/α,β-unsaturated/α-hetero) is 1. The lowest BCUT2D eigenvalue weighted by Gasteiger charge is -2.35. The summed E-state index contributed by atoms with van der Waals surface area (Å²) in [6, 6.07) is 25.3. The molecule has 35 heavy (non-hydrogen) atoms. The first kappa shape index (κ1) is 22.3. The Morgan fingerprint density at radius 1 is 0.914 bits per heavy atom. The van der Waals surface area contributed by atoms with Crippen LogP contribution in [0.4, 0.5) is 5.69 Å². The van der Waals surface area contributed by atoms with Crippen molar-refractivity contribution in [2.24, 2.45) is 5.41 Å². The standard InChI is InChI=1S/C29H23N3O3/c1-34-22-14-21(15-23(16-22)35-2)26-27(28(33)20-9-4-3-5-10-20)32-24-11-7-6-8-19(24)12-13-25(32)29(26,17-30)18-31/h3-16,25-27H,1-2H3/t25-,26+,27-/m0/s1. The summed E-state index contributed by atoms with van der Waals surface area (Å²) < 4.78 is 11.0. The van der Waals surface area contributed by atoms with Gasteiger partial charge in [-0.1, -0.05) is 60.7 Å². The van der Waals surface area contributed by atoms with Crippen molar-refractivity contribution >= 4 is 17.5 Å². The number of hydrogen-bond acceptors (Lipinski definition) is 6. The molecule has 2 aliphatic rings. The Morgan fingerprint density at radius 3 is 2.17 bits per heavy atom. The highest BCUT2D eigenvalue weighted by molar-refractivity contribution is 6.04. The quantitative estimate of drug-likeness (QED) is 0.498. The van der Waals surface area contributed by atoms with Gasteiger partial charge in [0.25, 0.3) is 0 Å². The van der Waals surface area contributed by atoms with Crippen molar-refractivity contribution < 1.29 is 14.3 Å². The fourth-order valence-corrected chi connectivity index (χ4v) is 5.39. The van der Waals surface area contributed by atoms with E-state index in [1.54, 1.807) is 44.6 Å². The van der Waals surface area contributed by atoms with E-state index in [2.05, 4.69) is 12.1 Å². The van der Waals surface area contributed by atoms with Crippen LogP contribution < -0.4 is 14.4 Å². The van der Waals surface area contributed by atoms with Crippen molar-refractivity contribution in [3.63, 3.8) is 0 Å². The Bertz CT molecular complexity index is 1360. The molecule has 0 N–H and O–H groups in total. The molecule has 0 bridgehead atoms. The van der Waals surface area contributed by atoms with Crippen molar-refractivity contribution in [2.75, 3.05) is 19.1 Å². The molecule has 0 aliphatic carbocycles. The Hall–Kier alpha value is -4.55. The van der Waals surface area contributed by atoms with E-state index in [1.807, 2.05) is 59.5 Å². The third-order valence-electron chi connectivity index (χ3n) is 6.98. The number of carbonyl (C=O) groups excluding carboxylic acids is 1. The van der Waals surface area contributed by atoms with Gasteiger partial charge in [0.2, 0.25) is 0 Å². The summed E-state index contributed by atoms with van der Waals surface area (Å²) in [5, 5.41) is 21.1. The molecule has 0 unspecified atom stereocenters. The van der Waals surface area contributed by atoms with Crippen LogP contribution in [0.15, 0.2) is 78.9 Å².